The van der Waals surface area contributed by atoms with Crippen molar-refractivity contribution in [3.8, 4) is 17.2 Å². The number of H-pyrrole nitrogens is 1. The number of hydrogen-bond donors (Lipinski definition) is 1. The topological polar surface area (TPSA) is 46.7 Å². The summed E-state index contributed by atoms with van der Waals surface area (Å²) in [5.41, 5.74) is 7.93. The molecular formula is C27H24N2O3. The number of rotatable bonds is 2. The monoisotopic (exact) mass is 424 g/mol. The van der Waals surface area contributed by atoms with Crippen LogP contribution < -0.4 is 14.2 Å². The molecule has 3 aliphatic rings. The van der Waals surface area contributed by atoms with Crippen LogP contribution in [-0.2, 0) is 12.8 Å². The molecule has 0 saturated carbocycles. The molecule has 0 aliphatic carbocycles. The smallest absolute Gasteiger partial charge is 0.231 e. The maximum atomic E-state index is 5.75. The van der Waals surface area contributed by atoms with Crippen molar-refractivity contribution in [3.05, 3.63) is 88.6 Å². The molecular weight excluding hydrogens is 400 g/mol. The molecule has 2 atom stereocenters. The molecule has 0 radical (unpaired) electrons. The van der Waals surface area contributed by atoms with E-state index in [-0.39, 0.29) is 12.1 Å². The predicted molar refractivity (Wildman–Crippen MR) is 123 cm³/mol. The summed E-state index contributed by atoms with van der Waals surface area (Å²) < 4.78 is 17.0. The standard InChI is InChI=1S/C27H24N2O3/c1-30-18-7-8-22-20(12-18)21-13-23-19-14-25-24(31-15-32-25)11-17(19)9-10-29(23)27(26(21)28-22)16-5-3-2-4-6-16/h2-8,11-12,14,23,27-28H,9-10,13,15H2,1H3/t23?,27-/m0/s1. The SMILES string of the molecule is COc1ccc2[nH]c3c(c2c1)CC1c2cc4c(cc2CCN1[C@H]3c1ccccc1)OCO4. The fourth-order valence-corrected chi connectivity index (χ4v) is 5.83. The van der Waals surface area contributed by atoms with Crippen LogP contribution in [0.3, 0.4) is 0 Å². The third-order valence-corrected chi connectivity index (χ3v) is 7.30. The molecule has 4 heterocycles. The Kier molecular flexibility index (Phi) is 3.85. The maximum absolute atomic E-state index is 5.75. The van der Waals surface area contributed by atoms with Gasteiger partial charge >= 0.3 is 0 Å². The van der Waals surface area contributed by atoms with E-state index in [4.69, 9.17) is 14.2 Å². The number of hydrogen-bond acceptors (Lipinski definition) is 4. The summed E-state index contributed by atoms with van der Waals surface area (Å²) in [6.07, 6.45) is 1.97. The fourth-order valence-electron chi connectivity index (χ4n) is 5.83. The Morgan fingerprint density at radius 1 is 1.00 bits per heavy atom. The van der Waals surface area contributed by atoms with E-state index >= 15 is 0 Å². The third kappa shape index (κ3) is 2.55. The molecule has 3 aromatic carbocycles. The molecule has 0 saturated heterocycles. The molecule has 32 heavy (non-hydrogen) atoms. The summed E-state index contributed by atoms with van der Waals surface area (Å²) in [5.74, 6) is 2.64. The predicted octanol–water partition coefficient (Wildman–Crippen LogP) is 5.15. The summed E-state index contributed by atoms with van der Waals surface area (Å²) in [7, 11) is 1.73. The van der Waals surface area contributed by atoms with E-state index in [0.29, 0.717) is 6.79 Å². The van der Waals surface area contributed by atoms with Gasteiger partial charge in [-0.05, 0) is 65.4 Å². The van der Waals surface area contributed by atoms with Gasteiger partial charge in [0.1, 0.15) is 5.75 Å². The first kappa shape index (κ1) is 18.2. The zero-order valence-electron chi connectivity index (χ0n) is 17.9. The molecule has 7 rings (SSSR count). The highest BCUT2D eigenvalue weighted by Crippen LogP contribution is 2.50. The first-order valence-corrected chi connectivity index (χ1v) is 11.2. The summed E-state index contributed by atoms with van der Waals surface area (Å²) in [6.45, 7) is 1.32. The number of aromatic amines is 1. The number of nitrogens with zero attached hydrogens (tertiary/aromatic N) is 1. The molecule has 5 nitrogen and oxygen atoms in total. The van der Waals surface area contributed by atoms with Crippen LogP contribution in [0.2, 0.25) is 0 Å². The maximum Gasteiger partial charge on any atom is 0.231 e. The van der Waals surface area contributed by atoms with Gasteiger partial charge in [-0.25, -0.2) is 0 Å². The third-order valence-electron chi connectivity index (χ3n) is 7.30. The van der Waals surface area contributed by atoms with Gasteiger partial charge in [0.15, 0.2) is 11.5 Å². The Balaban J connectivity index is 1.45. The normalized spacial score (nSPS) is 21.2. The quantitative estimate of drug-likeness (QED) is 0.483. The molecule has 0 amide bonds. The fraction of sp³-hybridized carbons (Fsp3) is 0.259. The number of nitrogens with one attached hydrogen (secondary N) is 1. The van der Waals surface area contributed by atoms with Gasteiger partial charge < -0.3 is 19.2 Å². The number of fused-ring (bicyclic) bond motifs is 7. The van der Waals surface area contributed by atoms with E-state index < -0.39 is 0 Å². The second-order valence-electron chi connectivity index (χ2n) is 8.85. The summed E-state index contributed by atoms with van der Waals surface area (Å²) in [4.78, 5) is 6.43. The van der Waals surface area contributed by atoms with Crippen molar-refractivity contribution in [1.82, 2.24) is 9.88 Å². The zero-order chi connectivity index (χ0) is 21.2. The molecule has 4 aromatic rings. The van der Waals surface area contributed by atoms with Gasteiger partial charge in [0.25, 0.3) is 0 Å². The first-order valence-electron chi connectivity index (χ1n) is 11.2. The Hall–Kier alpha value is -3.44. The van der Waals surface area contributed by atoms with Crippen molar-refractivity contribution in [2.45, 2.75) is 24.9 Å². The Morgan fingerprint density at radius 3 is 2.69 bits per heavy atom. The van der Waals surface area contributed by atoms with Crippen LogP contribution in [0.4, 0.5) is 0 Å². The molecule has 5 heteroatoms. The van der Waals surface area contributed by atoms with E-state index in [1.807, 2.05) is 6.07 Å². The lowest BCUT2D eigenvalue weighted by Gasteiger charge is -2.46. The van der Waals surface area contributed by atoms with Crippen molar-refractivity contribution in [1.29, 1.82) is 0 Å². The van der Waals surface area contributed by atoms with Gasteiger partial charge in [0, 0.05) is 29.2 Å². The number of ether oxygens (including phenoxy) is 3. The minimum absolute atomic E-state index is 0.182. The van der Waals surface area contributed by atoms with Gasteiger partial charge in [-0.1, -0.05) is 30.3 Å². The van der Waals surface area contributed by atoms with Gasteiger partial charge in [0.2, 0.25) is 6.79 Å². The van der Waals surface area contributed by atoms with Crippen molar-refractivity contribution in [2.24, 2.45) is 0 Å². The van der Waals surface area contributed by atoms with Crippen LogP contribution in [0.25, 0.3) is 10.9 Å². The van der Waals surface area contributed by atoms with Gasteiger partial charge in [-0.15, -0.1) is 0 Å². The second kappa shape index (κ2) is 6.78. The van der Waals surface area contributed by atoms with Crippen molar-refractivity contribution in [2.75, 3.05) is 20.4 Å². The van der Waals surface area contributed by atoms with Crippen LogP contribution in [-0.4, -0.2) is 30.3 Å². The van der Waals surface area contributed by atoms with Crippen LogP contribution in [0.15, 0.2) is 60.7 Å². The van der Waals surface area contributed by atoms with Gasteiger partial charge in [0.05, 0.1) is 13.2 Å². The van der Waals surface area contributed by atoms with Crippen LogP contribution in [0.5, 0.6) is 17.2 Å². The minimum Gasteiger partial charge on any atom is -0.497 e. The average molecular weight is 425 g/mol. The molecule has 0 fully saturated rings. The number of aromatic nitrogens is 1. The highest BCUT2D eigenvalue weighted by molar-refractivity contribution is 5.87. The van der Waals surface area contributed by atoms with Crippen LogP contribution in [0, 0.1) is 0 Å². The summed E-state index contributed by atoms with van der Waals surface area (Å²) >= 11 is 0. The largest absolute Gasteiger partial charge is 0.497 e. The van der Waals surface area contributed by atoms with E-state index in [1.165, 1.54) is 38.9 Å². The lowest BCUT2D eigenvalue weighted by atomic mass is 9.80. The van der Waals surface area contributed by atoms with Crippen LogP contribution in [0.1, 0.15) is 40.0 Å². The summed E-state index contributed by atoms with van der Waals surface area (Å²) in [6, 6.07) is 22.1. The summed E-state index contributed by atoms with van der Waals surface area (Å²) in [5, 5.41) is 1.26. The van der Waals surface area contributed by atoms with Crippen LogP contribution >= 0.6 is 0 Å². The Bertz CT molecular complexity index is 1340. The highest BCUT2D eigenvalue weighted by atomic mass is 16.7. The molecule has 3 aliphatic heterocycles. The highest BCUT2D eigenvalue weighted by Gasteiger charge is 2.41. The van der Waals surface area contributed by atoms with Gasteiger partial charge in [-0.3, -0.25) is 4.90 Å². The zero-order valence-corrected chi connectivity index (χ0v) is 17.9. The Labute approximate surface area is 186 Å². The van der Waals surface area contributed by atoms with E-state index in [2.05, 4.69) is 64.5 Å². The van der Waals surface area contributed by atoms with E-state index in [1.54, 1.807) is 7.11 Å². The molecule has 1 N–H and O–H groups in total. The van der Waals surface area contributed by atoms with E-state index in [9.17, 15) is 0 Å². The van der Waals surface area contributed by atoms with Crippen molar-refractivity contribution >= 4 is 10.9 Å². The van der Waals surface area contributed by atoms with Crippen molar-refractivity contribution < 1.29 is 14.2 Å². The number of benzene rings is 3. The molecule has 1 unspecified atom stereocenters. The molecule has 160 valence electrons. The lowest BCUT2D eigenvalue weighted by molar-refractivity contribution is 0.127. The van der Waals surface area contributed by atoms with Crippen molar-refractivity contribution in [3.63, 3.8) is 0 Å². The molecule has 0 bridgehead atoms. The minimum atomic E-state index is 0.182. The lowest BCUT2D eigenvalue weighted by Crippen LogP contribution is -2.43. The number of methoxy groups -OCH3 is 1. The average Bonchev–Trinajstić information content (AvgIpc) is 3.45. The molecule has 0 spiro atoms. The van der Waals surface area contributed by atoms with E-state index in [0.717, 1.165) is 36.6 Å². The second-order valence-corrected chi connectivity index (χ2v) is 8.85. The molecule has 1 aromatic heterocycles. The Morgan fingerprint density at radius 2 is 1.84 bits per heavy atom. The van der Waals surface area contributed by atoms with Gasteiger partial charge in [-0.2, -0.15) is 0 Å². The first-order chi connectivity index (χ1) is 15.8.